The fraction of sp³-hybridized carbons (Fsp3) is 0.486. The Morgan fingerprint density at radius 3 is 2.41 bits per heavy atom. The van der Waals surface area contributed by atoms with Crippen LogP contribution in [0.2, 0.25) is 5.02 Å². The number of amides is 2. The van der Waals surface area contributed by atoms with E-state index in [0.717, 1.165) is 5.56 Å². The maximum absolute atomic E-state index is 13.5. The van der Waals surface area contributed by atoms with Crippen molar-refractivity contribution in [3.63, 3.8) is 0 Å². The molecule has 0 aromatic heterocycles. The summed E-state index contributed by atoms with van der Waals surface area (Å²) in [4.78, 5) is 52.9. The third-order valence-corrected chi connectivity index (χ3v) is 8.44. The van der Waals surface area contributed by atoms with Crippen molar-refractivity contribution >= 4 is 35.4 Å². The maximum Gasteiger partial charge on any atom is 0.347 e. The van der Waals surface area contributed by atoms with Crippen molar-refractivity contribution in [1.29, 1.82) is 0 Å². The third-order valence-electron chi connectivity index (χ3n) is 8.14. The number of benzene rings is 2. The third kappa shape index (κ3) is 9.56. The minimum absolute atomic E-state index is 0.0341. The number of esters is 2. The second-order valence-corrected chi connectivity index (χ2v) is 12.7. The van der Waals surface area contributed by atoms with Crippen molar-refractivity contribution in [2.45, 2.75) is 77.4 Å². The van der Waals surface area contributed by atoms with Crippen LogP contribution in [0.25, 0.3) is 0 Å². The molecule has 0 aliphatic carbocycles. The molecule has 248 valence electrons. The summed E-state index contributed by atoms with van der Waals surface area (Å²) in [7, 11) is 1.51. The number of methoxy groups -OCH3 is 1. The average Bonchev–Trinajstić information content (AvgIpc) is 3.83. The van der Waals surface area contributed by atoms with Gasteiger partial charge in [-0.15, -0.1) is 0 Å². The number of hydrogen-bond acceptors (Lipinski definition) is 8. The monoisotopic (exact) mass is 654 g/mol. The highest BCUT2D eigenvalue weighted by molar-refractivity contribution is 6.32. The van der Waals surface area contributed by atoms with Crippen LogP contribution in [0, 0.1) is 17.8 Å². The van der Waals surface area contributed by atoms with E-state index in [1.54, 1.807) is 31.2 Å². The van der Waals surface area contributed by atoms with Crippen LogP contribution >= 0.6 is 11.6 Å². The normalized spacial score (nSPS) is 27.5. The molecule has 1 saturated heterocycles. The first-order chi connectivity index (χ1) is 22.0. The van der Waals surface area contributed by atoms with E-state index in [2.05, 4.69) is 10.6 Å². The van der Waals surface area contributed by atoms with Crippen molar-refractivity contribution in [2.24, 2.45) is 17.8 Å². The quantitative estimate of drug-likeness (QED) is 0.308. The summed E-state index contributed by atoms with van der Waals surface area (Å²) in [6.45, 7) is 7.31. The molecule has 10 nitrogen and oxygen atoms in total. The van der Waals surface area contributed by atoms with Crippen LogP contribution in [-0.2, 0) is 39.8 Å². The van der Waals surface area contributed by atoms with Crippen molar-refractivity contribution in [3.8, 4) is 5.75 Å². The van der Waals surface area contributed by atoms with E-state index in [4.69, 9.17) is 30.5 Å². The number of ether oxygens (including phenoxy) is 4. The first-order valence-corrected chi connectivity index (χ1v) is 16.0. The van der Waals surface area contributed by atoms with Gasteiger partial charge in [-0.05, 0) is 41.7 Å². The van der Waals surface area contributed by atoms with Crippen LogP contribution in [0.4, 0.5) is 0 Å². The Balaban J connectivity index is 1.58. The molecular weight excluding hydrogens is 612 g/mol. The standard InChI is InChI=1S/C35H43ClN2O8/c1-20(2)16-29-35(42)44-27(22(4)31-32(46-31)24-10-7-6-8-11-24)12-9-13-30(39)38-26(33(40)37-19-21(3)34(41)45-29)18-23-14-15-28(43-5)25(36)17-23/h6-11,13-15,17,20-22,26-27,29,31-32H,12,16,18-19H2,1-5H3,(H,37,40)(H,38,39)/b13-9+/t21-,22-,26-,27+,29+,31+,32-/m1/s1. The Morgan fingerprint density at radius 2 is 1.74 bits per heavy atom. The molecule has 2 amide bonds. The summed E-state index contributed by atoms with van der Waals surface area (Å²) >= 11 is 6.30. The minimum Gasteiger partial charge on any atom is -0.495 e. The molecule has 0 spiro atoms. The molecule has 0 radical (unpaired) electrons. The smallest absolute Gasteiger partial charge is 0.347 e. The lowest BCUT2D eigenvalue weighted by atomic mass is 9.93. The molecule has 2 heterocycles. The van der Waals surface area contributed by atoms with Gasteiger partial charge in [-0.25, -0.2) is 4.79 Å². The summed E-state index contributed by atoms with van der Waals surface area (Å²) in [6, 6.07) is 13.9. The zero-order valence-electron chi connectivity index (χ0n) is 26.9. The molecule has 0 saturated carbocycles. The van der Waals surface area contributed by atoms with E-state index in [0.29, 0.717) is 16.3 Å². The average molecular weight is 655 g/mol. The Bertz CT molecular complexity index is 1410. The summed E-state index contributed by atoms with van der Waals surface area (Å²) < 4.78 is 22.9. The van der Waals surface area contributed by atoms with Gasteiger partial charge in [0.1, 0.15) is 24.0 Å². The first kappa shape index (κ1) is 35.0. The molecule has 1 fully saturated rings. The number of nitrogens with one attached hydrogen (secondary N) is 2. The van der Waals surface area contributed by atoms with Crippen molar-refractivity contribution in [2.75, 3.05) is 13.7 Å². The zero-order valence-corrected chi connectivity index (χ0v) is 27.6. The van der Waals surface area contributed by atoms with Crippen LogP contribution in [0.1, 0.15) is 57.8 Å². The summed E-state index contributed by atoms with van der Waals surface area (Å²) in [5.41, 5.74) is 1.73. The Morgan fingerprint density at radius 1 is 1.00 bits per heavy atom. The fourth-order valence-electron chi connectivity index (χ4n) is 5.39. The number of carbonyl (C=O) groups is 4. The lowest BCUT2D eigenvalue weighted by Gasteiger charge is -2.27. The first-order valence-electron chi connectivity index (χ1n) is 15.6. The van der Waals surface area contributed by atoms with Gasteiger partial charge in [0.15, 0.2) is 6.10 Å². The second-order valence-electron chi connectivity index (χ2n) is 12.3. The van der Waals surface area contributed by atoms with Gasteiger partial charge in [0.2, 0.25) is 11.8 Å². The lowest BCUT2D eigenvalue weighted by Crippen LogP contribution is -2.49. The molecule has 2 aliphatic heterocycles. The summed E-state index contributed by atoms with van der Waals surface area (Å²) in [6.07, 6.45) is 1.40. The van der Waals surface area contributed by atoms with Gasteiger partial charge < -0.3 is 29.6 Å². The van der Waals surface area contributed by atoms with Crippen LogP contribution in [0.3, 0.4) is 0 Å². The van der Waals surface area contributed by atoms with Crippen molar-refractivity contribution in [3.05, 3.63) is 76.8 Å². The molecule has 0 bridgehead atoms. The molecule has 2 aliphatic rings. The van der Waals surface area contributed by atoms with E-state index in [9.17, 15) is 19.2 Å². The molecule has 4 rings (SSSR count). The van der Waals surface area contributed by atoms with Crippen molar-refractivity contribution < 1.29 is 38.1 Å². The lowest BCUT2D eigenvalue weighted by molar-refractivity contribution is -0.176. The largest absolute Gasteiger partial charge is 0.495 e. The predicted molar refractivity (Wildman–Crippen MR) is 172 cm³/mol. The topological polar surface area (TPSA) is 133 Å². The Kier molecular flexibility index (Phi) is 12.2. The Labute approximate surface area is 275 Å². The van der Waals surface area contributed by atoms with Gasteiger partial charge >= 0.3 is 11.9 Å². The highest BCUT2D eigenvalue weighted by atomic mass is 35.5. The predicted octanol–water partition coefficient (Wildman–Crippen LogP) is 4.73. The SMILES string of the molecule is COc1ccc(C[C@H]2NC(=O)/C=C/C[C@@H]([C@@H](C)[C@@H]3O[C@@H]3c3ccccc3)OC(=O)[C@H](CC(C)C)OC(=O)[C@H](C)CNC2=O)cc1Cl. The van der Waals surface area contributed by atoms with Gasteiger partial charge in [0.25, 0.3) is 0 Å². The highest BCUT2D eigenvalue weighted by Crippen LogP contribution is 2.45. The second kappa shape index (κ2) is 16.1. The summed E-state index contributed by atoms with van der Waals surface area (Å²) in [5, 5.41) is 5.86. The fourth-order valence-corrected chi connectivity index (χ4v) is 5.67. The molecule has 2 aromatic carbocycles. The van der Waals surface area contributed by atoms with E-state index in [1.165, 1.54) is 13.2 Å². The van der Waals surface area contributed by atoms with Gasteiger partial charge in [0.05, 0.1) is 24.2 Å². The molecule has 2 N–H and O–H groups in total. The molecule has 7 atom stereocenters. The number of cyclic esters (lactones) is 2. The maximum atomic E-state index is 13.5. The highest BCUT2D eigenvalue weighted by Gasteiger charge is 2.47. The van der Waals surface area contributed by atoms with Crippen molar-refractivity contribution in [1.82, 2.24) is 10.6 Å². The van der Waals surface area contributed by atoms with Crippen LogP contribution in [0.15, 0.2) is 60.7 Å². The molecule has 46 heavy (non-hydrogen) atoms. The Hall–Kier alpha value is -3.89. The van der Waals surface area contributed by atoms with Crippen LogP contribution in [0.5, 0.6) is 5.75 Å². The minimum atomic E-state index is -1.13. The van der Waals surface area contributed by atoms with Crippen LogP contribution < -0.4 is 15.4 Å². The molecule has 0 unspecified atom stereocenters. The summed E-state index contributed by atoms with van der Waals surface area (Å²) in [5.74, 6) is -2.78. The number of hydrogen-bond donors (Lipinski definition) is 2. The molecule has 2 aromatic rings. The van der Waals surface area contributed by atoms with E-state index in [-0.39, 0.29) is 49.9 Å². The molecular formula is C35H43ClN2O8. The number of carbonyl (C=O) groups excluding carboxylic acids is 4. The van der Waals surface area contributed by atoms with Gasteiger partial charge in [-0.2, -0.15) is 0 Å². The van der Waals surface area contributed by atoms with E-state index < -0.39 is 47.9 Å². The van der Waals surface area contributed by atoms with Gasteiger partial charge in [-0.3, -0.25) is 14.4 Å². The van der Waals surface area contributed by atoms with Gasteiger partial charge in [-0.1, -0.05) is 81.8 Å². The van der Waals surface area contributed by atoms with Gasteiger partial charge in [0, 0.05) is 25.3 Å². The van der Waals surface area contributed by atoms with E-state index in [1.807, 2.05) is 51.1 Å². The zero-order chi connectivity index (χ0) is 33.4. The molecule has 11 heteroatoms. The van der Waals surface area contributed by atoms with Crippen LogP contribution in [-0.4, -0.2) is 61.8 Å². The van der Waals surface area contributed by atoms with E-state index >= 15 is 0 Å². The number of halogens is 1. The number of rotatable bonds is 8. The number of epoxide rings is 1.